The molecule has 0 saturated heterocycles. The smallest absolute Gasteiger partial charge is 0.358 e. The Hall–Kier alpha value is -3.03. The molecule has 0 aliphatic heterocycles. The van der Waals surface area contributed by atoms with Crippen molar-refractivity contribution in [3.63, 3.8) is 0 Å². The van der Waals surface area contributed by atoms with Crippen molar-refractivity contribution < 1.29 is 19.2 Å². The van der Waals surface area contributed by atoms with E-state index in [1.807, 2.05) is 0 Å². The fourth-order valence-electron chi connectivity index (χ4n) is 1.94. The van der Waals surface area contributed by atoms with Crippen LogP contribution >= 0.6 is 0 Å². The minimum Gasteiger partial charge on any atom is -0.461 e. The first kappa shape index (κ1) is 15.4. The summed E-state index contributed by atoms with van der Waals surface area (Å²) in [5.41, 5.74) is 0.436. The number of aromatic nitrogens is 2. The van der Waals surface area contributed by atoms with Gasteiger partial charge in [0.25, 0.3) is 5.69 Å². The average Bonchev–Trinajstić information content (AvgIpc) is 2.91. The molecule has 0 spiro atoms. The Balaban J connectivity index is 2.36. The van der Waals surface area contributed by atoms with Crippen LogP contribution in [0.2, 0.25) is 0 Å². The number of nitrogens with zero attached hydrogens (tertiary/aromatic N) is 3. The lowest BCUT2D eigenvalue weighted by molar-refractivity contribution is -0.385. The number of carbonyl (C=O) groups excluding carboxylic acids is 2. The summed E-state index contributed by atoms with van der Waals surface area (Å²) >= 11 is 0. The zero-order valence-electron chi connectivity index (χ0n) is 11.8. The van der Waals surface area contributed by atoms with Crippen molar-refractivity contribution in [2.45, 2.75) is 13.5 Å². The molecular formula is C14H13N3O5. The van der Waals surface area contributed by atoms with E-state index >= 15 is 0 Å². The molecule has 0 aliphatic rings. The zero-order valence-corrected chi connectivity index (χ0v) is 11.8. The first-order valence-electron chi connectivity index (χ1n) is 6.49. The molecule has 0 unspecified atom stereocenters. The molecule has 0 saturated carbocycles. The van der Waals surface area contributed by atoms with Gasteiger partial charge in [0.1, 0.15) is 5.69 Å². The van der Waals surface area contributed by atoms with Crippen molar-refractivity contribution >= 4 is 17.9 Å². The first-order valence-corrected chi connectivity index (χ1v) is 6.49. The van der Waals surface area contributed by atoms with Gasteiger partial charge in [-0.25, -0.2) is 4.79 Å². The van der Waals surface area contributed by atoms with Crippen LogP contribution in [0, 0.1) is 10.1 Å². The fourth-order valence-corrected chi connectivity index (χ4v) is 1.94. The minimum atomic E-state index is -0.646. The van der Waals surface area contributed by atoms with Crippen LogP contribution in [0.3, 0.4) is 0 Å². The molecule has 2 rings (SSSR count). The minimum absolute atomic E-state index is 0.00459. The third kappa shape index (κ3) is 3.17. The second-order valence-electron chi connectivity index (χ2n) is 4.34. The number of carbonyl (C=O) groups is 2. The lowest BCUT2D eigenvalue weighted by atomic mass is 10.2. The molecule has 0 bridgehead atoms. The molecule has 2 aromatic rings. The highest BCUT2D eigenvalue weighted by molar-refractivity contribution is 5.89. The largest absolute Gasteiger partial charge is 0.461 e. The van der Waals surface area contributed by atoms with E-state index in [1.165, 1.54) is 16.8 Å². The third-order valence-electron chi connectivity index (χ3n) is 2.92. The summed E-state index contributed by atoms with van der Waals surface area (Å²) in [4.78, 5) is 33.2. The summed E-state index contributed by atoms with van der Waals surface area (Å²) < 4.78 is 6.05. The van der Waals surface area contributed by atoms with Gasteiger partial charge in [-0.1, -0.05) is 18.2 Å². The number of hydrogen-bond donors (Lipinski definition) is 0. The van der Waals surface area contributed by atoms with Crippen molar-refractivity contribution in [1.29, 1.82) is 0 Å². The molecule has 1 aromatic heterocycles. The maximum atomic E-state index is 11.6. The normalized spacial score (nSPS) is 10.2. The SMILES string of the molecule is CCOC(=O)c1cc(C=O)n(Cc2ccccc2[N+](=O)[O-])n1. The van der Waals surface area contributed by atoms with Gasteiger partial charge in [0, 0.05) is 12.1 Å². The molecule has 0 N–H and O–H groups in total. The van der Waals surface area contributed by atoms with Gasteiger partial charge in [-0.05, 0) is 6.92 Å². The first-order chi connectivity index (χ1) is 10.6. The molecule has 1 aromatic carbocycles. The molecule has 8 nitrogen and oxygen atoms in total. The van der Waals surface area contributed by atoms with E-state index in [9.17, 15) is 19.7 Å². The van der Waals surface area contributed by atoms with Crippen LogP contribution < -0.4 is 0 Å². The number of rotatable bonds is 6. The molecule has 0 aliphatic carbocycles. The Bertz CT molecular complexity index is 723. The molecule has 8 heteroatoms. The number of benzene rings is 1. The Morgan fingerprint density at radius 2 is 2.18 bits per heavy atom. The maximum absolute atomic E-state index is 11.6. The standard InChI is InChI=1S/C14H13N3O5/c1-2-22-14(19)12-7-11(9-18)16(15-12)8-10-5-3-4-6-13(10)17(20)21/h3-7,9H,2,8H2,1H3. The van der Waals surface area contributed by atoms with Gasteiger partial charge in [0.05, 0.1) is 23.6 Å². The number of ether oxygens (including phenoxy) is 1. The van der Waals surface area contributed by atoms with Gasteiger partial charge < -0.3 is 4.74 Å². The van der Waals surface area contributed by atoms with E-state index in [2.05, 4.69) is 5.10 Å². The van der Waals surface area contributed by atoms with Gasteiger partial charge in [0.15, 0.2) is 12.0 Å². The third-order valence-corrected chi connectivity index (χ3v) is 2.92. The van der Waals surface area contributed by atoms with Gasteiger partial charge in [-0.2, -0.15) is 5.10 Å². The maximum Gasteiger partial charge on any atom is 0.358 e. The quantitative estimate of drug-likeness (QED) is 0.349. The molecule has 0 fully saturated rings. The topological polar surface area (TPSA) is 104 Å². The van der Waals surface area contributed by atoms with Gasteiger partial charge in [-0.3, -0.25) is 19.6 Å². The van der Waals surface area contributed by atoms with Gasteiger partial charge in [0.2, 0.25) is 0 Å². The van der Waals surface area contributed by atoms with E-state index in [0.717, 1.165) is 0 Å². The second kappa shape index (κ2) is 6.61. The summed E-state index contributed by atoms with van der Waals surface area (Å²) in [5, 5.41) is 15.0. The highest BCUT2D eigenvalue weighted by Crippen LogP contribution is 2.19. The van der Waals surface area contributed by atoms with E-state index in [-0.39, 0.29) is 30.2 Å². The van der Waals surface area contributed by atoms with Crippen molar-refractivity contribution in [1.82, 2.24) is 9.78 Å². The number of nitro benzene ring substituents is 1. The van der Waals surface area contributed by atoms with Crippen LogP contribution in [0.15, 0.2) is 30.3 Å². The lowest BCUT2D eigenvalue weighted by Crippen LogP contribution is -2.10. The molecule has 0 radical (unpaired) electrons. The van der Waals surface area contributed by atoms with E-state index in [1.54, 1.807) is 25.1 Å². The van der Waals surface area contributed by atoms with Crippen molar-refractivity contribution in [2.24, 2.45) is 0 Å². The highest BCUT2D eigenvalue weighted by Gasteiger charge is 2.18. The summed E-state index contributed by atoms with van der Waals surface area (Å²) in [5.74, 6) is -0.646. The van der Waals surface area contributed by atoms with Crippen LogP contribution in [-0.2, 0) is 11.3 Å². The Morgan fingerprint density at radius 3 is 2.82 bits per heavy atom. The van der Waals surface area contributed by atoms with Crippen LogP contribution in [0.4, 0.5) is 5.69 Å². The Morgan fingerprint density at radius 1 is 1.45 bits per heavy atom. The van der Waals surface area contributed by atoms with Crippen LogP contribution in [0.1, 0.15) is 33.5 Å². The van der Waals surface area contributed by atoms with Crippen molar-refractivity contribution in [3.05, 3.63) is 57.4 Å². The van der Waals surface area contributed by atoms with Gasteiger partial charge >= 0.3 is 5.97 Å². The Labute approximate surface area is 125 Å². The predicted molar refractivity (Wildman–Crippen MR) is 75.8 cm³/mol. The monoisotopic (exact) mass is 303 g/mol. The summed E-state index contributed by atoms with van der Waals surface area (Å²) in [6.45, 7) is 1.85. The summed E-state index contributed by atoms with van der Waals surface area (Å²) in [6.07, 6.45) is 0.532. The predicted octanol–water partition coefficient (Wildman–Crippen LogP) is 1.83. The summed E-state index contributed by atoms with van der Waals surface area (Å²) in [6, 6.07) is 7.43. The highest BCUT2D eigenvalue weighted by atomic mass is 16.6. The Kier molecular flexibility index (Phi) is 4.62. The van der Waals surface area contributed by atoms with Gasteiger partial charge in [-0.15, -0.1) is 0 Å². The number of nitro groups is 1. The van der Waals surface area contributed by atoms with Crippen molar-refractivity contribution in [2.75, 3.05) is 6.61 Å². The summed E-state index contributed by atoms with van der Waals surface area (Å²) in [7, 11) is 0. The van der Waals surface area contributed by atoms with E-state index in [0.29, 0.717) is 11.8 Å². The lowest BCUT2D eigenvalue weighted by Gasteiger charge is -2.04. The average molecular weight is 303 g/mol. The zero-order chi connectivity index (χ0) is 16.1. The van der Waals surface area contributed by atoms with E-state index < -0.39 is 10.9 Å². The second-order valence-corrected chi connectivity index (χ2v) is 4.34. The fraction of sp³-hybridized carbons (Fsp3) is 0.214. The number of para-hydroxylation sites is 1. The molecule has 1 heterocycles. The number of hydrogen-bond acceptors (Lipinski definition) is 6. The van der Waals surface area contributed by atoms with Crippen LogP contribution in [0.25, 0.3) is 0 Å². The number of esters is 1. The van der Waals surface area contributed by atoms with Crippen LogP contribution in [0.5, 0.6) is 0 Å². The number of aldehydes is 1. The molecular weight excluding hydrogens is 290 g/mol. The molecule has 114 valence electrons. The molecule has 0 atom stereocenters. The van der Waals surface area contributed by atoms with Crippen molar-refractivity contribution in [3.8, 4) is 0 Å². The molecule has 0 amide bonds. The molecule has 22 heavy (non-hydrogen) atoms. The van der Waals surface area contributed by atoms with Crippen LogP contribution in [-0.4, -0.2) is 33.6 Å². The van der Waals surface area contributed by atoms with E-state index in [4.69, 9.17) is 4.74 Å².